The van der Waals surface area contributed by atoms with Crippen LogP contribution >= 0.6 is 15.9 Å². The normalized spacial score (nSPS) is 11.6. The van der Waals surface area contributed by atoms with E-state index in [4.69, 9.17) is 0 Å². The van der Waals surface area contributed by atoms with Gasteiger partial charge in [0.05, 0.1) is 4.90 Å². The number of aryl methyl sites for hydroxylation is 1. The Morgan fingerprint density at radius 2 is 1.90 bits per heavy atom. The van der Waals surface area contributed by atoms with E-state index in [0.29, 0.717) is 10.0 Å². The number of sulfonamides is 1. The molecule has 0 unspecified atom stereocenters. The summed E-state index contributed by atoms with van der Waals surface area (Å²) in [6.45, 7) is 1.62. The fraction of sp³-hybridized carbons (Fsp3) is 0.143. The van der Waals surface area contributed by atoms with Gasteiger partial charge in [0, 0.05) is 16.6 Å². The molecule has 6 heteroatoms. The summed E-state index contributed by atoms with van der Waals surface area (Å²) in [5, 5.41) is 0. The van der Waals surface area contributed by atoms with Crippen LogP contribution in [-0.2, 0) is 16.6 Å². The summed E-state index contributed by atoms with van der Waals surface area (Å²) in [6.07, 6.45) is 0. The lowest BCUT2D eigenvalue weighted by atomic mass is 10.2. The van der Waals surface area contributed by atoms with Crippen LogP contribution < -0.4 is 4.72 Å². The summed E-state index contributed by atoms with van der Waals surface area (Å²) in [4.78, 5) is 0.204. The smallest absolute Gasteiger partial charge is 0.207 e. The fourth-order valence-corrected chi connectivity index (χ4v) is 3.45. The Morgan fingerprint density at radius 1 is 1.20 bits per heavy atom. The minimum absolute atomic E-state index is 0.0953. The Hall–Kier alpha value is -1.24. The Kier molecular flexibility index (Phi) is 4.57. The molecule has 106 valence electrons. The molecule has 0 aliphatic heterocycles. The first-order valence-corrected chi connectivity index (χ1v) is 8.17. The molecule has 0 bridgehead atoms. The van der Waals surface area contributed by atoms with E-state index in [0.717, 1.165) is 0 Å². The van der Waals surface area contributed by atoms with Crippen molar-refractivity contribution in [2.75, 3.05) is 0 Å². The van der Waals surface area contributed by atoms with E-state index in [1.807, 2.05) is 0 Å². The molecule has 2 aromatic rings. The first kappa shape index (κ1) is 15.2. The molecule has 0 aliphatic carbocycles. The number of benzene rings is 2. The summed E-state index contributed by atoms with van der Waals surface area (Å²) < 4.78 is 41.0. The van der Waals surface area contributed by atoms with Gasteiger partial charge in [-0.1, -0.05) is 34.1 Å². The minimum atomic E-state index is -3.65. The maximum atomic E-state index is 13.6. The molecule has 2 aromatic carbocycles. The van der Waals surface area contributed by atoms with Gasteiger partial charge in [-0.2, -0.15) is 0 Å². The number of nitrogens with one attached hydrogen (secondary N) is 1. The van der Waals surface area contributed by atoms with E-state index in [1.54, 1.807) is 37.3 Å². The monoisotopic (exact) mass is 357 g/mol. The zero-order chi connectivity index (χ0) is 14.8. The Bertz CT molecular complexity index is 732. The maximum absolute atomic E-state index is 13.6. The summed E-state index contributed by atoms with van der Waals surface area (Å²) >= 11 is 3.23. The lowest BCUT2D eigenvalue weighted by Gasteiger charge is -2.10. The highest BCUT2D eigenvalue weighted by Gasteiger charge is 2.16. The fourth-order valence-electron chi connectivity index (χ4n) is 1.79. The molecule has 2 rings (SSSR count). The van der Waals surface area contributed by atoms with Gasteiger partial charge in [0.25, 0.3) is 0 Å². The van der Waals surface area contributed by atoms with Crippen molar-refractivity contribution in [3.63, 3.8) is 0 Å². The van der Waals surface area contributed by atoms with E-state index < -0.39 is 15.8 Å². The van der Waals surface area contributed by atoms with Gasteiger partial charge < -0.3 is 0 Å². The first-order chi connectivity index (χ1) is 9.40. The van der Waals surface area contributed by atoms with Crippen LogP contribution in [0.1, 0.15) is 11.1 Å². The molecule has 20 heavy (non-hydrogen) atoms. The largest absolute Gasteiger partial charge is 0.241 e. The van der Waals surface area contributed by atoms with Gasteiger partial charge in [0.15, 0.2) is 0 Å². The lowest BCUT2D eigenvalue weighted by molar-refractivity contribution is 0.573. The standard InChI is InChI=1S/C14H13BrFNO2S/c1-10-4-2-3-5-14(10)20(18,19)17-9-11-8-12(15)6-7-13(11)16/h2-8,17H,9H2,1H3. The van der Waals surface area contributed by atoms with Crippen molar-refractivity contribution in [2.24, 2.45) is 0 Å². The zero-order valence-corrected chi connectivity index (χ0v) is 13.1. The van der Waals surface area contributed by atoms with Crippen molar-refractivity contribution in [1.82, 2.24) is 4.72 Å². The highest BCUT2D eigenvalue weighted by Crippen LogP contribution is 2.17. The second kappa shape index (κ2) is 6.03. The Balaban J connectivity index is 2.22. The maximum Gasteiger partial charge on any atom is 0.241 e. The molecular formula is C14H13BrFNO2S. The topological polar surface area (TPSA) is 46.2 Å². The molecule has 0 aromatic heterocycles. The van der Waals surface area contributed by atoms with Crippen molar-refractivity contribution in [3.8, 4) is 0 Å². The number of rotatable bonds is 4. The molecule has 0 saturated heterocycles. The van der Waals surface area contributed by atoms with Gasteiger partial charge in [0.2, 0.25) is 10.0 Å². The van der Waals surface area contributed by atoms with Crippen molar-refractivity contribution >= 4 is 26.0 Å². The van der Waals surface area contributed by atoms with E-state index in [9.17, 15) is 12.8 Å². The molecule has 3 nitrogen and oxygen atoms in total. The molecule has 0 heterocycles. The van der Waals surface area contributed by atoms with Crippen LogP contribution in [0.4, 0.5) is 4.39 Å². The third kappa shape index (κ3) is 3.45. The third-order valence-corrected chi connectivity index (χ3v) is 4.90. The zero-order valence-electron chi connectivity index (χ0n) is 10.7. The van der Waals surface area contributed by atoms with Crippen LogP contribution in [0.5, 0.6) is 0 Å². The van der Waals surface area contributed by atoms with Crippen LogP contribution in [0, 0.1) is 12.7 Å². The van der Waals surface area contributed by atoms with Gasteiger partial charge >= 0.3 is 0 Å². The average Bonchev–Trinajstić information content (AvgIpc) is 2.40. The first-order valence-electron chi connectivity index (χ1n) is 5.89. The summed E-state index contributed by atoms with van der Waals surface area (Å²) in [6, 6.07) is 11.1. The van der Waals surface area contributed by atoms with Crippen molar-refractivity contribution < 1.29 is 12.8 Å². The predicted molar refractivity (Wildman–Crippen MR) is 79.3 cm³/mol. The van der Waals surface area contributed by atoms with Gasteiger partial charge in [-0.05, 0) is 36.8 Å². The van der Waals surface area contributed by atoms with Crippen LogP contribution in [0.3, 0.4) is 0 Å². The molecule has 0 atom stereocenters. The Labute approximate surface area is 126 Å². The van der Waals surface area contributed by atoms with E-state index in [-0.39, 0.29) is 17.0 Å². The molecule has 0 saturated carbocycles. The summed E-state index contributed by atoms with van der Waals surface area (Å²) in [5.74, 6) is -0.444. The van der Waals surface area contributed by atoms with E-state index in [1.165, 1.54) is 12.1 Å². The molecule has 0 radical (unpaired) electrons. The number of halogens is 2. The molecule has 0 aliphatic rings. The van der Waals surface area contributed by atoms with Gasteiger partial charge in [-0.15, -0.1) is 0 Å². The van der Waals surface area contributed by atoms with Gasteiger partial charge in [-0.3, -0.25) is 0 Å². The number of hydrogen-bond acceptors (Lipinski definition) is 2. The second-order valence-corrected chi connectivity index (χ2v) is 6.98. The van der Waals surface area contributed by atoms with Gasteiger partial charge in [0.1, 0.15) is 5.82 Å². The SMILES string of the molecule is Cc1ccccc1S(=O)(=O)NCc1cc(Br)ccc1F. The van der Waals surface area contributed by atoms with Crippen LogP contribution in [0.15, 0.2) is 51.8 Å². The highest BCUT2D eigenvalue weighted by atomic mass is 79.9. The quantitative estimate of drug-likeness (QED) is 0.911. The summed E-state index contributed by atoms with van der Waals surface area (Å²) in [5.41, 5.74) is 0.936. The third-order valence-electron chi connectivity index (χ3n) is 2.84. The molecule has 0 fully saturated rings. The molecule has 0 amide bonds. The highest BCUT2D eigenvalue weighted by molar-refractivity contribution is 9.10. The summed E-state index contributed by atoms with van der Waals surface area (Å²) in [7, 11) is -3.65. The van der Waals surface area contributed by atoms with Crippen LogP contribution in [0.2, 0.25) is 0 Å². The van der Waals surface area contributed by atoms with Crippen LogP contribution in [-0.4, -0.2) is 8.42 Å². The molecular weight excluding hydrogens is 345 g/mol. The van der Waals surface area contributed by atoms with E-state index >= 15 is 0 Å². The second-order valence-electron chi connectivity index (χ2n) is 4.33. The molecule has 0 spiro atoms. The van der Waals surface area contributed by atoms with Crippen LogP contribution in [0.25, 0.3) is 0 Å². The lowest BCUT2D eigenvalue weighted by Crippen LogP contribution is -2.24. The van der Waals surface area contributed by atoms with Crippen molar-refractivity contribution in [1.29, 1.82) is 0 Å². The van der Waals surface area contributed by atoms with Gasteiger partial charge in [-0.25, -0.2) is 17.5 Å². The van der Waals surface area contributed by atoms with E-state index in [2.05, 4.69) is 20.7 Å². The predicted octanol–water partition coefficient (Wildman–Crippen LogP) is 3.38. The van der Waals surface area contributed by atoms with Crippen molar-refractivity contribution in [3.05, 3.63) is 63.9 Å². The average molecular weight is 358 g/mol. The van der Waals surface area contributed by atoms with Crippen molar-refractivity contribution in [2.45, 2.75) is 18.4 Å². The number of hydrogen-bond donors (Lipinski definition) is 1. The minimum Gasteiger partial charge on any atom is -0.207 e. The Morgan fingerprint density at radius 3 is 2.60 bits per heavy atom. The molecule has 1 N–H and O–H groups in total.